The van der Waals surface area contributed by atoms with Gasteiger partial charge in [0.05, 0.1) is 13.2 Å². The fourth-order valence-corrected chi connectivity index (χ4v) is 2.75. The average Bonchev–Trinajstić information content (AvgIpc) is 3.10. The summed E-state index contributed by atoms with van der Waals surface area (Å²) in [5.41, 5.74) is 0. The maximum Gasteiger partial charge on any atom is 0.319 e. The van der Waals surface area contributed by atoms with Crippen molar-refractivity contribution in [3.63, 3.8) is 0 Å². The maximum atomic E-state index is 12.1. The highest BCUT2D eigenvalue weighted by Gasteiger charge is 2.30. The molecule has 0 aromatic carbocycles. The van der Waals surface area contributed by atoms with Crippen LogP contribution in [0.2, 0.25) is 0 Å². The molecule has 2 rings (SSSR count). The zero-order chi connectivity index (χ0) is 14.4. The Balaban J connectivity index is 1.69. The molecule has 3 atom stereocenters. The van der Waals surface area contributed by atoms with Crippen molar-refractivity contribution in [2.45, 2.75) is 19.1 Å². The average molecular weight is 283 g/mol. The lowest BCUT2D eigenvalue weighted by molar-refractivity contribution is 0.0830. The number of likely N-dealkylation sites (tertiary alicyclic amines) is 1. The minimum Gasteiger partial charge on any atom is -0.377 e. The van der Waals surface area contributed by atoms with Crippen LogP contribution in [0.3, 0.4) is 0 Å². The van der Waals surface area contributed by atoms with Crippen LogP contribution >= 0.6 is 0 Å². The normalized spacial score (nSPS) is 27.6. The lowest BCUT2D eigenvalue weighted by atomic mass is 10.1. The molecule has 6 nitrogen and oxygen atoms in total. The SMILES string of the molecule is C=CCOC[C@H]1CCN(C(=O)N[C@@H](O)[C@H]2CCNC2)C1. The van der Waals surface area contributed by atoms with Gasteiger partial charge in [0.1, 0.15) is 6.23 Å². The summed E-state index contributed by atoms with van der Waals surface area (Å²) >= 11 is 0. The van der Waals surface area contributed by atoms with Crippen LogP contribution in [-0.4, -0.2) is 61.7 Å². The first-order chi connectivity index (χ1) is 9.70. The van der Waals surface area contributed by atoms with Crippen molar-refractivity contribution in [1.82, 2.24) is 15.5 Å². The summed E-state index contributed by atoms with van der Waals surface area (Å²) < 4.78 is 5.42. The molecule has 0 unspecified atom stereocenters. The van der Waals surface area contributed by atoms with E-state index in [2.05, 4.69) is 17.2 Å². The van der Waals surface area contributed by atoms with Gasteiger partial charge in [-0.25, -0.2) is 4.79 Å². The molecule has 2 aliphatic heterocycles. The maximum absolute atomic E-state index is 12.1. The standard InChI is InChI=1S/C14H25N3O3/c1-2-7-20-10-11-4-6-17(9-11)14(19)16-13(18)12-3-5-15-8-12/h2,11-13,15,18H,1,3-10H2,(H,16,19)/t11-,12-,13-/m0/s1. The minimum absolute atomic E-state index is 0.119. The first-order valence-electron chi connectivity index (χ1n) is 7.33. The van der Waals surface area contributed by atoms with Crippen LogP contribution in [0.4, 0.5) is 4.79 Å². The third-order valence-electron chi connectivity index (χ3n) is 3.98. The zero-order valence-corrected chi connectivity index (χ0v) is 11.9. The molecule has 2 saturated heterocycles. The zero-order valence-electron chi connectivity index (χ0n) is 11.9. The molecule has 20 heavy (non-hydrogen) atoms. The van der Waals surface area contributed by atoms with Gasteiger partial charge in [-0.15, -0.1) is 6.58 Å². The molecule has 2 fully saturated rings. The van der Waals surface area contributed by atoms with Gasteiger partial charge in [0, 0.05) is 31.5 Å². The van der Waals surface area contributed by atoms with Gasteiger partial charge >= 0.3 is 6.03 Å². The highest BCUT2D eigenvalue weighted by atomic mass is 16.5. The minimum atomic E-state index is -0.756. The van der Waals surface area contributed by atoms with Crippen LogP contribution in [0, 0.1) is 11.8 Å². The summed E-state index contributed by atoms with van der Waals surface area (Å²) in [5, 5.41) is 15.9. The third-order valence-corrected chi connectivity index (χ3v) is 3.98. The van der Waals surface area contributed by atoms with Crippen LogP contribution in [0.1, 0.15) is 12.8 Å². The van der Waals surface area contributed by atoms with E-state index in [1.165, 1.54) is 0 Å². The lowest BCUT2D eigenvalue weighted by Crippen LogP contribution is -2.47. The second-order valence-corrected chi connectivity index (χ2v) is 5.57. The fraction of sp³-hybridized carbons (Fsp3) is 0.786. The van der Waals surface area contributed by atoms with Crippen molar-refractivity contribution in [2.24, 2.45) is 11.8 Å². The molecule has 0 aliphatic carbocycles. The Labute approximate surface area is 120 Å². The highest BCUT2D eigenvalue weighted by Crippen LogP contribution is 2.17. The number of nitrogens with zero attached hydrogens (tertiary/aromatic N) is 1. The van der Waals surface area contributed by atoms with Crippen molar-refractivity contribution < 1.29 is 14.6 Å². The predicted molar refractivity (Wildman–Crippen MR) is 76.2 cm³/mol. The van der Waals surface area contributed by atoms with Gasteiger partial charge in [0.2, 0.25) is 0 Å². The largest absolute Gasteiger partial charge is 0.377 e. The van der Waals surface area contributed by atoms with E-state index >= 15 is 0 Å². The highest BCUT2D eigenvalue weighted by molar-refractivity contribution is 5.74. The summed E-state index contributed by atoms with van der Waals surface area (Å²) in [6, 6.07) is -0.171. The van der Waals surface area contributed by atoms with E-state index < -0.39 is 6.23 Å². The number of urea groups is 1. The van der Waals surface area contributed by atoms with E-state index in [9.17, 15) is 9.90 Å². The quantitative estimate of drug-likeness (QED) is 0.368. The molecule has 2 heterocycles. The number of hydrogen-bond donors (Lipinski definition) is 3. The van der Waals surface area contributed by atoms with Gasteiger partial charge in [0.15, 0.2) is 0 Å². The molecule has 114 valence electrons. The van der Waals surface area contributed by atoms with Crippen LogP contribution in [-0.2, 0) is 4.74 Å². The lowest BCUT2D eigenvalue weighted by Gasteiger charge is -2.23. The third kappa shape index (κ3) is 4.19. The van der Waals surface area contributed by atoms with Crippen molar-refractivity contribution in [3.8, 4) is 0 Å². The summed E-state index contributed by atoms with van der Waals surface area (Å²) in [6.07, 6.45) is 2.82. The van der Waals surface area contributed by atoms with Crippen molar-refractivity contribution in [1.29, 1.82) is 0 Å². The topological polar surface area (TPSA) is 73.8 Å². The molecule has 0 spiro atoms. The number of aliphatic hydroxyl groups is 1. The van der Waals surface area contributed by atoms with Gasteiger partial charge in [-0.1, -0.05) is 6.08 Å². The molecule has 3 N–H and O–H groups in total. The smallest absolute Gasteiger partial charge is 0.319 e. The Morgan fingerprint density at radius 1 is 1.60 bits per heavy atom. The molecule has 2 aliphatic rings. The van der Waals surface area contributed by atoms with Crippen LogP contribution < -0.4 is 10.6 Å². The summed E-state index contributed by atoms with van der Waals surface area (Å²) in [5.74, 6) is 0.499. The van der Waals surface area contributed by atoms with E-state index in [1.54, 1.807) is 11.0 Å². The number of aliphatic hydroxyl groups excluding tert-OH is 1. The molecule has 6 heteroatoms. The monoisotopic (exact) mass is 283 g/mol. The Morgan fingerprint density at radius 3 is 3.15 bits per heavy atom. The summed E-state index contributed by atoms with van der Waals surface area (Å²) in [4.78, 5) is 13.8. The number of amides is 2. The van der Waals surface area contributed by atoms with E-state index in [-0.39, 0.29) is 11.9 Å². The van der Waals surface area contributed by atoms with E-state index in [1.807, 2.05) is 0 Å². The van der Waals surface area contributed by atoms with Gasteiger partial charge in [-0.3, -0.25) is 0 Å². The molecule has 0 aromatic rings. The molecule has 0 saturated carbocycles. The van der Waals surface area contributed by atoms with Crippen molar-refractivity contribution >= 4 is 6.03 Å². The van der Waals surface area contributed by atoms with Crippen LogP contribution in [0.5, 0.6) is 0 Å². The summed E-state index contributed by atoms with van der Waals surface area (Å²) in [7, 11) is 0. The van der Waals surface area contributed by atoms with Crippen LogP contribution in [0.15, 0.2) is 12.7 Å². The Bertz CT molecular complexity index is 332. The second-order valence-electron chi connectivity index (χ2n) is 5.57. The molecule has 0 bridgehead atoms. The van der Waals surface area contributed by atoms with E-state index in [0.717, 1.165) is 32.5 Å². The number of hydrogen-bond acceptors (Lipinski definition) is 4. The Morgan fingerprint density at radius 2 is 2.45 bits per heavy atom. The number of ether oxygens (including phenoxy) is 1. The van der Waals surface area contributed by atoms with Gasteiger partial charge in [-0.05, 0) is 19.4 Å². The fourth-order valence-electron chi connectivity index (χ4n) is 2.75. The van der Waals surface area contributed by atoms with Crippen molar-refractivity contribution in [2.75, 3.05) is 39.4 Å². The molecular formula is C14H25N3O3. The molecule has 0 radical (unpaired) electrons. The van der Waals surface area contributed by atoms with Gasteiger partial charge in [0.25, 0.3) is 0 Å². The van der Waals surface area contributed by atoms with Gasteiger partial charge < -0.3 is 25.4 Å². The number of rotatable bonds is 6. The number of carbonyl (C=O) groups excluding carboxylic acids is 1. The number of carbonyl (C=O) groups is 1. The second kappa shape index (κ2) is 7.61. The van der Waals surface area contributed by atoms with E-state index in [4.69, 9.17) is 4.74 Å². The summed E-state index contributed by atoms with van der Waals surface area (Å²) in [6.45, 7) is 7.90. The first kappa shape index (κ1) is 15.3. The Hall–Kier alpha value is -1.11. The predicted octanol–water partition coefficient (Wildman–Crippen LogP) is 0.148. The van der Waals surface area contributed by atoms with E-state index in [0.29, 0.717) is 25.7 Å². The molecular weight excluding hydrogens is 258 g/mol. The van der Waals surface area contributed by atoms with Gasteiger partial charge in [-0.2, -0.15) is 0 Å². The first-order valence-corrected chi connectivity index (χ1v) is 7.33. The van der Waals surface area contributed by atoms with Crippen LogP contribution in [0.25, 0.3) is 0 Å². The molecule has 0 aromatic heterocycles. The number of nitrogens with one attached hydrogen (secondary N) is 2. The Kier molecular flexibility index (Phi) is 5.82. The van der Waals surface area contributed by atoms with Crippen molar-refractivity contribution in [3.05, 3.63) is 12.7 Å². The molecule has 2 amide bonds.